The third-order valence-corrected chi connectivity index (χ3v) is 7.46. The van der Waals surface area contributed by atoms with Crippen LogP contribution in [0.5, 0.6) is 0 Å². The molecule has 1 N–H and O–H groups in total. The van der Waals surface area contributed by atoms with Gasteiger partial charge in [-0.2, -0.15) is 9.78 Å². The molecule has 0 bridgehead atoms. The average Bonchev–Trinajstić information content (AvgIpc) is 3.49. The number of hydrogen-bond acceptors (Lipinski definition) is 4. The van der Waals surface area contributed by atoms with Crippen molar-refractivity contribution in [3.05, 3.63) is 77.6 Å². The number of carboxylic acid groups (broad SMARTS) is 1. The Bertz CT molecular complexity index is 1200. The third kappa shape index (κ3) is 4.48. The minimum absolute atomic E-state index is 0.111. The second-order valence-corrected chi connectivity index (χ2v) is 9.69. The number of piperidine rings is 1. The van der Waals surface area contributed by atoms with Crippen LogP contribution in [0.15, 0.2) is 60.8 Å². The molecule has 2 saturated heterocycles. The van der Waals surface area contributed by atoms with Gasteiger partial charge in [0.1, 0.15) is 0 Å². The van der Waals surface area contributed by atoms with Crippen molar-refractivity contribution >= 4 is 12.0 Å². The largest absolute Gasteiger partial charge is 0.476 e. The van der Waals surface area contributed by atoms with E-state index in [-0.39, 0.29) is 17.1 Å². The van der Waals surface area contributed by atoms with Gasteiger partial charge < -0.3 is 10.0 Å². The van der Waals surface area contributed by atoms with E-state index in [0.29, 0.717) is 13.1 Å². The Kier molecular flexibility index (Phi) is 5.96. The van der Waals surface area contributed by atoms with E-state index < -0.39 is 5.97 Å². The van der Waals surface area contributed by atoms with Gasteiger partial charge >= 0.3 is 12.0 Å². The van der Waals surface area contributed by atoms with E-state index in [1.807, 2.05) is 6.07 Å². The molecule has 1 amide bonds. The summed E-state index contributed by atoms with van der Waals surface area (Å²) in [6.45, 7) is 6.65. The van der Waals surface area contributed by atoms with Gasteiger partial charge in [-0.1, -0.05) is 48.5 Å². The minimum atomic E-state index is -1.12. The monoisotopic (exact) mass is 458 g/mol. The summed E-state index contributed by atoms with van der Waals surface area (Å²) in [5, 5.41) is 12.9. The Hall–Kier alpha value is -3.45. The van der Waals surface area contributed by atoms with Crippen LogP contribution in [0.4, 0.5) is 4.79 Å². The third-order valence-electron chi connectivity index (χ3n) is 7.46. The van der Waals surface area contributed by atoms with E-state index in [4.69, 9.17) is 5.11 Å². The van der Waals surface area contributed by atoms with E-state index in [2.05, 4.69) is 59.4 Å². The van der Waals surface area contributed by atoms with Crippen molar-refractivity contribution in [2.45, 2.75) is 32.7 Å². The van der Waals surface area contributed by atoms with Crippen molar-refractivity contribution in [2.24, 2.45) is 5.41 Å². The molecule has 3 aromatic rings. The number of rotatable bonds is 4. The Morgan fingerprint density at radius 1 is 0.971 bits per heavy atom. The fraction of sp³-hybridized carbons (Fsp3) is 0.370. The molecular weight excluding hydrogens is 428 g/mol. The number of benzene rings is 2. The number of amides is 1. The van der Waals surface area contributed by atoms with Gasteiger partial charge in [-0.25, -0.2) is 9.59 Å². The van der Waals surface area contributed by atoms with Gasteiger partial charge in [0, 0.05) is 32.4 Å². The van der Waals surface area contributed by atoms with Gasteiger partial charge in [0.05, 0.1) is 0 Å². The molecule has 7 heteroatoms. The van der Waals surface area contributed by atoms with Crippen LogP contribution in [0.1, 0.15) is 40.9 Å². The van der Waals surface area contributed by atoms with Crippen molar-refractivity contribution in [3.63, 3.8) is 0 Å². The SMILES string of the molecule is Cc1cc(-c2ccccc2)ccc1CN1CCC2(CCN(C(=O)n3ccc(C(=O)O)n3)CC2)C1. The highest BCUT2D eigenvalue weighted by molar-refractivity contribution is 5.86. The highest BCUT2D eigenvalue weighted by Gasteiger charge is 2.41. The number of likely N-dealkylation sites (tertiary alicyclic amines) is 2. The Labute approximate surface area is 199 Å². The van der Waals surface area contributed by atoms with Gasteiger partial charge in [-0.05, 0) is 66.5 Å². The molecule has 1 spiro atoms. The first-order valence-corrected chi connectivity index (χ1v) is 11.9. The zero-order valence-electron chi connectivity index (χ0n) is 19.5. The summed E-state index contributed by atoms with van der Waals surface area (Å²) in [6.07, 6.45) is 4.52. The molecule has 176 valence electrons. The predicted octanol–water partition coefficient (Wildman–Crippen LogP) is 4.51. The van der Waals surface area contributed by atoms with Crippen molar-refractivity contribution in [1.82, 2.24) is 19.6 Å². The number of aromatic carboxylic acids is 1. The van der Waals surface area contributed by atoms with E-state index in [1.165, 1.54) is 34.5 Å². The number of carboxylic acids is 1. The molecule has 1 aromatic heterocycles. The molecule has 0 saturated carbocycles. The Balaban J connectivity index is 1.18. The fourth-order valence-corrected chi connectivity index (χ4v) is 5.36. The van der Waals surface area contributed by atoms with E-state index >= 15 is 0 Å². The van der Waals surface area contributed by atoms with Crippen LogP contribution < -0.4 is 0 Å². The summed E-state index contributed by atoms with van der Waals surface area (Å²) in [5.74, 6) is -1.12. The van der Waals surface area contributed by atoms with Crippen LogP contribution in [-0.2, 0) is 6.54 Å². The quantitative estimate of drug-likeness (QED) is 0.622. The lowest BCUT2D eigenvalue weighted by atomic mass is 9.78. The maximum absolute atomic E-state index is 12.7. The van der Waals surface area contributed by atoms with Gasteiger partial charge in [0.2, 0.25) is 0 Å². The molecule has 7 nitrogen and oxygen atoms in total. The number of aryl methyl sites for hydroxylation is 1. The van der Waals surface area contributed by atoms with Gasteiger partial charge in [0.25, 0.3) is 0 Å². The van der Waals surface area contributed by atoms with E-state index in [0.717, 1.165) is 43.6 Å². The number of hydrogen-bond donors (Lipinski definition) is 1. The van der Waals surface area contributed by atoms with Crippen molar-refractivity contribution < 1.29 is 14.7 Å². The molecule has 2 fully saturated rings. The fourth-order valence-electron chi connectivity index (χ4n) is 5.36. The summed E-state index contributed by atoms with van der Waals surface area (Å²) < 4.78 is 1.14. The van der Waals surface area contributed by atoms with Crippen LogP contribution in [-0.4, -0.2) is 62.9 Å². The van der Waals surface area contributed by atoms with Crippen LogP contribution in [0.3, 0.4) is 0 Å². The molecular formula is C27H30N4O3. The summed E-state index contributed by atoms with van der Waals surface area (Å²) in [4.78, 5) is 28.1. The summed E-state index contributed by atoms with van der Waals surface area (Å²) in [7, 11) is 0. The maximum Gasteiger partial charge on any atom is 0.356 e. The first-order valence-electron chi connectivity index (χ1n) is 11.9. The van der Waals surface area contributed by atoms with Gasteiger partial charge in [-0.15, -0.1) is 0 Å². The molecule has 0 unspecified atom stereocenters. The lowest BCUT2D eigenvalue weighted by Gasteiger charge is -2.39. The first-order chi connectivity index (χ1) is 16.4. The standard InChI is InChI=1S/C27H30N4O3/c1-20-17-22(21-5-3-2-4-6-21)7-8-23(20)18-29-14-10-27(19-29)11-15-30(16-12-27)26(34)31-13-9-24(28-31)25(32)33/h2-9,13,17H,10-12,14-16,18-19H2,1H3,(H,32,33). The molecule has 0 atom stereocenters. The topological polar surface area (TPSA) is 78.7 Å². The Morgan fingerprint density at radius 2 is 1.71 bits per heavy atom. The first kappa shape index (κ1) is 22.3. The zero-order chi connectivity index (χ0) is 23.7. The molecule has 2 aliphatic rings. The lowest BCUT2D eigenvalue weighted by molar-refractivity contribution is 0.0689. The van der Waals surface area contributed by atoms with Gasteiger partial charge in [0.15, 0.2) is 5.69 Å². The molecule has 2 aromatic carbocycles. The normalized spacial score (nSPS) is 17.9. The summed E-state index contributed by atoms with van der Waals surface area (Å²) in [5.41, 5.74) is 5.34. The molecule has 2 aliphatic heterocycles. The number of nitrogens with zero attached hydrogens (tertiary/aromatic N) is 4. The second kappa shape index (κ2) is 9.06. The van der Waals surface area contributed by atoms with Gasteiger partial charge in [-0.3, -0.25) is 4.90 Å². The van der Waals surface area contributed by atoms with Crippen molar-refractivity contribution in [2.75, 3.05) is 26.2 Å². The molecule has 34 heavy (non-hydrogen) atoms. The van der Waals surface area contributed by atoms with E-state index in [1.54, 1.807) is 4.90 Å². The minimum Gasteiger partial charge on any atom is -0.476 e. The second-order valence-electron chi connectivity index (χ2n) is 9.69. The highest BCUT2D eigenvalue weighted by atomic mass is 16.4. The highest BCUT2D eigenvalue weighted by Crippen LogP contribution is 2.41. The summed E-state index contributed by atoms with van der Waals surface area (Å²) in [6, 6.07) is 18.4. The number of aromatic nitrogens is 2. The molecule has 3 heterocycles. The Morgan fingerprint density at radius 3 is 2.38 bits per heavy atom. The lowest BCUT2D eigenvalue weighted by Crippen LogP contribution is -2.45. The molecule has 5 rings (SSSR count). The summed E-state index contributed by atoms with van der Waals surface area (Å²) >= 11 is 0. The average molecular weight is 459 g/mol. The van der Waals surface area contributed by atoms with Crippen molar-refractivity contribution in [1.29, 1.82) is 0 Å². The molecule has 0 radical (unpaired) electrons. The van der Waals surface area contributed by atoms with Crippen molar-refractivity contribution in [3.8, 4) is 11.1 Å². The van der Waals surface area contributed by atoms with Crippen LogP contribution in [0, 0.1) is 12.3 Å². The zero-order valence-corrected chi connectivity index (χ0v) is 19.5. The van der Waals surface area contributed by atoms with E-state index in [9.17, 15) is 9.59 Å². The van der Waals surface area contributed by atoms with Crippen LogP contribution in [0.25, 0.3) is 11.1 Å². The van der Waals surface area contributed by atoms with Crippen LogP contribution in [0.2, 0.25) is 0 Å². The molecule has 0 aliphatic carbocycles. The maximum atomic E-state index is 12.7. The number of carbonyl (C=O) groups excluding carboxylic acids is 1. The van der Waals surface area contributed by atoms with Crippen LogP contribution >= 0.6 is 0 Å². The smallest absolute Gasteiger partial charge is 0.356 e. The predicted molar refractivity (Wildman–Crippen MR) is 130 cm³/mol. The number of carbonyl (C=O) groups is 2.